The number of aliphatic imine (C=N–C) groups is 2. The molecule has 0 aliphatic carbocycles. The van der Waals surface area contributed by atoms with E-state index in [0.717, 1.165) is 63.1 Å². The van der Waals surface area contributed by atoms with Crippen molar-refractivity contribution in [2.45, 2.75) is 31.2 Å². The van der Waals surface area contributed by atoms with Crippen LogP contribution in [0.2, 0.25) is 0 Å². The van der Waals surface area contributed by atoms with E-state index in [1.165, 1.54) is 27.8 Å². The first-order valence-electron chi connectivity index (χ1n) is 15.8. The third kappa shape index (κ3) is 4.74. The van der Waals surface area contributed by atoms with Crippen LogP contribution in [0.4, 0.5) is 0 Å². The number of fused-ring (bicyclic) bond motifs is 8. The number of hydrogen-bond acceptors (Lipinski definition) is 4. The molecule has 0 bridgehead atoms. The smallest absolute Gasteiger partial charge is 0.227 e. The molecule has 6 aromatic rings. The molecular weight excluding hydrogens is 562 g/mol. The predicted molar refractivity (Wildman–Crippen MR) is 191 cm³/mol. The van der Waals surface area contributed by atoms with Crippen molar-refractivity contribution in [1.29, 1.82) is 0 Å². The van der Waals surface area contributed by atoms with Crippen LogP contribution in [-0.2, 0) is 6.42 Å². The highest BCUT2D eigenvalue weighted by Crippen LogP contribution is 2.40. The van der Waals surface area contributed by atoms with Crippen molar-refractivity contribution < 1.29 is 4.42 Å². The summed E-state index contributed by atoms with van der Waals surface area (Å²) in [6, 6.07) is 36.1. The van der Waals surface area contributed by atoms with Gasteiger partial charge in [0.25, 0.3) is 0 Å². The van der Waals surface area contributed by atoms with Gasteiger partial charge in [-0.3, -0.25) is 9.98 Å². The molecule has 0 N–H and O–H groups in total. The molecule has 2 aliphatic heterocycles. The summed E-state index contributed by atoms with van der Waals surface area (Å²) < 4.78 is 6.63. The first-order chi connectivity index (χ1) is 22.6. The van der Waals surface area contributed by atoms with Crippen molar-refractivity contribution in [3.63, 3.8) is 0 Å². The van der Waals surface area contributed by atoms with Crippen LogP contribution >= 0.6 is 0 Å². The Hall–Kier alpha value is -5.61. The fraction of sp³-hybridized carbons (Fsp3) is 0.119. The summed E-state index contributed by atoms with van der Waals surface area (Å²) in [5, 5.41) is 2.00. The highest BCUT2D eigenvalue weighted by atomic mass is 16.3. The third-order valence-corrected chi connectivity index (χ3v) is 9.38. The Bertz CT molecular complexity index is 2230. The summed E-state index contributed by atoms with van der Waals surface area (Å²) in [5.74, 6) is 0.244. The lowest BCUT2D eigenvalue weighted by Crippen LogP contribution is -2.27. The van der Waals surface area contributed by atoms with E-state index in [1.54, 1.807) is 0 Å². The van der Waals surface area contributed by atoms with Gasteiger partial charge in [-0.1, -0.05) is 111 Å². The maximum absolute atomic E-state index is 6.63. The zero-order chi connectivity index (χ0) is 31.2. The standard InChI is InChI=1S/C42H33N3O/c1-4-36-32-14-10-9-13-31(32)33-21-19-30-20-22-34-35-23-24-38(29-17-15-28(16-18-29)27-11-7-6-8-12-27)45-42(35)46-41(34)40(30)37(5-2)43-26(3)25-39(33)44-36/h4-18,20,22-24,33,39H,1-3,19,21,25H2. The van der Waals surface area contributed by atoms with Crippen LogP contribution in [0.25, 0.3) is 44.5 Å². The molecule has 2 aromatic heterocycles. The molecule has 0 radical (unpaired) electrons. The van der Waals surface area contributed by atoms with Crippen LogP contribution in [0.1, 0.15) is 41.0 Å². The monoisotopic (exact) mass is 595 g/mol. The highest BCUT2D eigenvalue weighted by Gasteiger charge is 2.32. The maximum Gasteiger partial charge on any atom is 0.227 e. The molecule has 4 nitrogen and oxygen atoms in total. The van der Waals surface area contributed by atoms with E-state index >= 15 is 0 Å². The zero-order valence-electron chi connectivity index (χ0n) is 25.6. The van der Waals surface area contributed by atoms with Crippen LogP contribution < -0.4 is 0 Å². The Balaban J connectivity index is 1.21. The molecule has 4 heterocycles. The van der Waals surface area contributed by atoms with Crippen molar-refractivity contribution in [3.8, 4) is 22.4 Å². The Morgan fingerprint density at radius 1 is 0.717 bits per heavy atom. The quantitative estimate of drug-likeness (QED) is 0.204. The number of benzene rings is 4. The first kappa shape index (κ1) is 27.9. The van der Waals surface area contributed by atoms with E-state index in [9.17, 15) is 0 Å². The van der Waals surface area contributed by atoms with Gasteiger partial charge in [-0.15, -0.1) is 0 Å². The molecule has 222 valence electrons. The largest absolute Gasteiger partial charge is 0.437 e. The topological polar surface area (TPSA) is 50.8 Å². The molecule has 2 unspecified atom stereocenters. The average molecular weight is 596 g/mol. The second kappa shape index (κ2) is 11.4. The van der Waals surface area contributed by atoms with Gasteiger partial charge in [0.2, 0.25) is 5.71 Å². The van der Waals surface area contributed by atoms with E-state index in [0.29, 0.717) is 12.1 Å². The summed E-state index contributed by atoms with van der Waals surface area (Å²) in [6.07, 6.45) is 6.13. The third-order valence-electron chi connectivity index (χ3n) is 9.38. The Morgan fingerprint density at radius 3 is 2.24 bits per heavy atom. The molecule has 4 heteroatoms. The Labute approximate surface area is 268 Å². The van der Waals surface area contributed by atoms with Crippen LogP contribution in [0.5, 0.6) is 0 Å². The van der Waals surface area contributed by atoms with Crippen LogP contribution in [0, 0.1) is 0 Å². The van der Waals surface area contributed by atoms with Crippen molar-refractivity contribution in [1.82, 2.24) is 4.98 Å². The molecule has 0 amide bonds. The minimum Gasteiger partial charge on any atom is -0.437 e. The van der Waals surface area contributed by atoms with Crippen molar-refractivity contribution in [2.24, 2.45) is 9.98 Å². The minimum absolute atomic E-state index is 0.0473. The fourth-order valence-electron chi connectivity index (χ4n) is 7.14. The van der Waals surface area contributed by atoms with Crippen molar-refractivity contribution >= 4 is 33.5 Å². The van der Waals surface area contributed by atoms with Gasteiger partial charge in [0.05, 0.1) is 23.2 Å². The molecule has 8 rings (SSSR count). The number of furan rings is 1. The van der Waals surface area contributed by atoms with E-state index in [-0.39, 0.29) is 12.0 Å². The van der Waals surface area contributed by atoms with Gasteiger partial charge in [-0.25, -0.2) is 4.98 Å². The normalized spacial score (nSPS) is 17.8. The van der Waals surface area contributed by atoms with Crippen LogP contribution in [0.3, 0.4) is 0 Å². The number of hydrogen-bond donors (Lipinski definition) is 0. The van der Waals surface area contributed by atoms with Crippen LogP contribution in [0.15, 0.2) is 155 Å². The van der Waals surface area contributed by atoms with Gasteiger partial charge in [0.15, 0.2) is 0 Å². The average Bonchev–Trinajstić information content (AvgIpc) is 3.48. The minimum atomic E-state index is 0.0473. The number of allylic oxidation sites excluding steroid dienone is 2. The summed E-state index contributed by atoms with van der Waals surface area (Å²) in [5.41, 5.74) is 12.8. The van der Waals surface area contributed by atoms with Gasteiger partial charge < -0.3 is 4.42 Å². The second-order valence-corrected chi connectivity index (χ2v) is 12.1. The molecular formula is C42H33N3O. The SMILES string of the molecule is C=CC1=NC2CC(=C)N=C(C=C)c3c(ccc4c3oc3nc(-c5ccc(-c6ccccc6)cc5)ccc34)CCC2c2ccccc21. The van der Waals surface area contributed by atoms with Gasteiger partial charge in [-0.05, 0) is 59.4 Å². The molecule has 2 atom stereocenters. The van der Waals surface area contributed by atoms with Crippen molar-refractivity contribution in [2.75, 3.05) is 0 Å². The lowest BCUT2D eigenvalue weighted by atomic mass is 9.78. The molecule has 46 heavy (non-hydrogen) atoms. The van der Waals surface area contributed by atoms with Crippen molar-refractivity contribution in [3.05, 3.63) is 163 Å². The van der Waals surface area contributed by atoms with Gasteiger partial charge in [0, 0.05) is 45.5 Å². The highest BCUT2D eigenvalue weighted by molar-refractivity contribution is 6.20. The van der Waals surface area contributed by atoms with Crippen LogP contribution in [-0.4, -0.2) is 22.4 Å². The number of nitrogens with zero attached hydrogens (tertiary/aromatic N) is 3. The predicted octanol–water partition coefficient (Wildman–Crippen LogP) is 10.3. The Morgan fingerprint density at radius 2 is 1.43 bits per heavy atom. The zero-order valence-corrected chi connectivity index (χ0v) is 25.6. The number of rotatable bonds is 4. The van der Waals surface area contributed by atoms with E-state index in [2.05, 4.69) is 117 Å². The lowest BCUT2D eigenvalue weighted by Gasteiger charge is -2.32. The molecule has 2 aliphatic rings. The number of aromatic nitrogens is 1. The maximum atomic E-state index is 6.63. The molecule has 0 saturated carbocycles. The fourth-order valence-corrected chi connectivity index (χ4v) is 7.14. The van der Waals surface area contributed by atoms with Gasteiger partial charge in [0.1, 0.15) is 5.58 Å². The number of aryl methyl sites for hydroxylation is 1. The second-order valence-electron chi connectivity index (χ2n) is 12.1. The summed E-state index contributed by atoms with van der Waals surface area (Å²) in [4.78, 5) is 15.2. The molecule has 0 spiro atoms. The molecule has 4 aromatic carbocycles. The van der Waals surface area contributed by atoms with E-state index in [1.807, 2.05) is 18.2 Å². The Kier molecular flexibility index (Phi) is 6.91. The van der Waals surface area contributed by atoms with Gasteiger partial charge >= 0.3 is 0 Å². The lowest BCUT2D eigenvalue weighted by molar-refractivity contribution is 0.490. The molecule has 0 saturated heterocycles. The summed E-state index contributed by atoms with van der Waals surface area (Å²) in [7, 11) is 0. The molecule has 0 fully saturated rings. The number of pyridine rings is 1. The van der Waals surface area contributed by atoms with E-state index < -0.39 is 0 Å². The summed E-state index contributed by atoms with van der Waals surface area (Å²) >= 11 is 0. The van der Waals surface area contributed by atoms with E-state index in [4.69, 9.17) is 19.4 Å². The first-order valence-corrected chi connectivity index (χ1v) is 15.8. The summed E-state index contributed by atoms with van der Waals surface area (Å²) in [6.45, 7) is 12.6. The van der Waals surface area contributed by atoms with Gasteiger partial charge in [-0.2, -0.15) is 0 Å².